The van der Waals surface area contributed by atoms with Gasteiger partial charge in [0.15, 0.2) is 5.78 Å². The fourth-order valence-corrected chi connectivity index (χ4v) is 6.16. The first-order valence-corrected chi connectivity index (χ1v) is 12.5. The molecule has 0 bridgehead atoms. The summed E-state index contributed by atoms with van der Waals surface area (Å²) in [6.07, 6.45) is 4.11. The second kappa shape index (κ2) is 9.82. The van der Waals surface area contributed by atoms with Crippen LogP contribution in [0.15, 0.2) is 54.8 Å². The van der Waals surface area contributed by atoms with Crippen molar-refractivity contribution in [3.63, 3.8) is 0 Å². The normalized spacial score (nSPS) is 42.8. The summed E-state index contributed by atoms with van der Waals surface area (Å²) >= 11 is 0. The van der Waals surface area contributed by atoms with Crippen molar-refractivity contribution in [2.75, 3.05) is 0 Å². The van der Waals surface area contributed by atoms with Gasteiger partial charge >= 0.3 is 6.16 Å². The molecule has 2 aliphatic heterocycles. The first-order chi connectivity index (χ1) is 17.0. The Morgan fingerprint density at radius 3 is 2.47 bits per heavy atom. The largest absolute Gasteiger partial charge is 0.514 e. The van der Waals surface area contributed by atoms with Crippen molar-refractivity contribution in [1.82, 2.24) is 5.32 Å². The Morgan fingerprint density at radius 2 is 1.78 bits per heavy atom. The van der Waals surface area contributed by atoms with Crippen LogP contribution in [0.2, 0.25) is 0 Å². The van der Waals surface area contributed by atoms with E-state index in [1.54, 1.807) is 19.1 Å². The number of aliphatic hydroxyl groups excluding tert-OH is 1. The summed E-state index contributed by atoms with van der Waals surface area (Å²) in [5.41, 5.74) is -2.51. The number of cyclic esters (lactones) is 1. The molecular formula is C28H35NO7. The number of Topliss-reactive ketones (excluding diaryl/α,β-unsaturated/α-hetero) is 1. The van der Waals surface area contributed by atoms with Gasteiger partial charge in [-0.1, -0.05) is 63.3 Å². The van der Waals surface area contributed by atoms with Crippen molar-refractivity contribution in [1.29, 1.82) is 0 Å². The van der Waals surface area contributed by atoms with Crippen molar-refractivity contribution in [2.45, 2.75) is 63.9 Å². The second-order valence-corrected chi connectivity index (χ2v) is 10.7. The van der Waals surface area contributed by atoms with Crippen molar-refractivity contribution in [3.8, 4) is 0 Å². The van der Waals surface area contributed by atoms with Gasteiger partial charge in [0.2, 0.25) is 5.60 Å². The van der Waals surface area contributed by atoms with Gasteiger partial charge in [0, 0.05) is 17.9 Å². The zero-order valence-electron chi connectivity index (χ0n) is 21.1. The maximum absolute atomic E-state index is 13.7. The lowest BCUT2D eigenvalue weighted by Crippen LogP contribution is -2.63. The minimum absolute atomic E-state index is 0.169. The smallest absolute Gasteiger partial charge is 0.416 e. The minimum atomic E-state index is -1.84. The first-order valence-electron chi connectivity index (χ1n) is 12.5. The van der Waals surface area contributed by atoms with E-state index >= 15 is 0 Å². The average molecular weight is 498 g/mol. The number of allylic oxidation sites excluding steroid dienone is 1. The number of ether oxygens (including phenoxy) is 2. The number of benzene rings is 1. The Morgan fingerprint density at radius 1 is 1.08 bits per heavy atom. The molecule has 194 valence electrons. The molecule has 0 radical (unpaired) electrons. The monoisotopic (exact) mass is 497 g/mol. The third-order valence-corrected chi connectivity index (χ3v) is 8.28. The zero-order valence-corrected chi connectivity index (χ0v) is 21.1. The second-order valence-electron chi connectivity index (χ2n) is 10.7. The van der Waals surface area contributed by atoms with Crippen LogP contribution in [-0.4, -0.2) is 51.4 Å². The van der Waals surface area contributed by atoms with Gasteiger partial charge in [0.25, 0.3) is 5.91 Å². The zero-order chi connectivity index (χ0) is 26.3. The van der Waals surface area contributed by atoms with E-state index in [0.717, 1.165) is 17.9 Å². The number of hydrogen-bond donors (Lipinski definition) is 3. The highest BCUT2D eigenvalue weighted by Gasteiger charge is 2.68. The van der Waals surface area contributed by atoms with Gasteiger partial charge in [-0.05, 0) is 43.2 Å². The summed E-state index contributed by atoms with van der Waals surface area (Å²) < 4.78 is 11.0. The molecule has 1 aliphatic carbocycles. The third-order valence-electron chi connectivity index (χ3n) is 8.28. The van der Waals surface area contributed by atoms with Gasteiger partial charge < -0.3 is 25.0 Å². The van der Waals surface area contributed by atoms with E-state index in [1.807, 2.05) is 44.2 Å². The van der Waals surface area contributed by atoms with E-state index in [0.29, 0.717) is 6.42 Å². The molecule has 1 aromatic carbocycles. The van der Waals surface area contributed by atoms with Gasteiger partial charge in [-0.25, -0.2) is 4.79 Å². The standard InChI is InChI=1S/C28H35NO7/c1-16-9-8-12-20-23(30)18(3)17(2)22-21(15-19-10-6-5-7-11-19)29-25(32)28(20,22)36-26(33)35-14-13-27(4,34)24(16)31/h5-8,10-14,16-18,20-23,30,34H,9,15H2,1-4H3,(H,29,32)/b12-8+,14-13+/t16-,17+,18+,20-,21-,22-,23+,27+,28+/m0/s1. The SMILES string of the molecule is C[C@@H]1[C@@H](C)[C@H]2[C@H](Cc3ccccc3)NC(=O)[C@]23OC(=O)O/C=C/[C@@](C)(O)C(=O)[C@@H](C)C/C=C/[C@H]3[C@@H]1O. The maximum atomic E-state index is 13.7. The van der Waals surface area contributed by atoms with Crippen LogP contribution >= 0.6 is 0 Å². The number of amides is 1. The van der Waals surface area contributed by atoms with E-state index in [1.165, 1.54) is 6.92 Å². The molecule has 1 saturated carbocycles. The molecule has 8 nitrogen and oxygen atoms in total. The summed E-state index contributed by atoms with van der Waals surface area (Å²) in [6, 6.07) is 9.41. The summed E-state index contributed by atoms with van der Waals surface area (Å²) in [6.45, 7) is 6.91. The van der Waals surface area contributed by atoms with Crippen LogP contribution in [0.1, 0.15) is 39.7 Å². The molecule has 3 aliphatic rings. The molecule has 1 saturated heterocycles. The Labute approximate surface area is 211 Å². The number of ketones is 1. The third kappa shape index (κ3) is 4.48. The summed E-state index contributed by atoms with van der Waals surface area (Å²) in [4.78, 5) is 39.3. The Balaban J connectivity index is 1.79. The molecule has 3 N–H and O–H groups in total. The van der Waals surface area contributed by atoms with Crippen LogP contribution in [0.4, 0.5) is 4.79 Å². The lowest BCUT2D eigenvalue weighted by Gasteiger charge is -2.50. The summed E-state index contributed by atoms with van der Waals surface area (Å²) in [5.74, 6) is -3.13. The van der Waals surface area contributed by atoms with Crippen molar-refractivity contribution in [3.05, 3.63) is 60.4 Å². The predicted molar refractivity (Wildman–Crippen MR) is 131 cm³/mol. The number of carbonyl (C=O) groups excluding carboxylic acids is 3. The van der Waals surface area contributed by atoms with Crippen LogP contribution in [0.5, 0.6) is 0 Å². The summed E-state index contributed by atoms with van der Waals surface area (Å²) in [7, 11) is 0. The minimum Gasteiger partial charge on any atom is -0.416 e. The molecular weight excluding hydrogens is 462 g/mol. The van der Waals surface area contributed by atoms with Gasteiger partial charge in [-0.2, -0.15) is 0 Å². The van der Waals surface area contributed by atoms with Crippen molar-refractivity contribution >= 4 is 17.8 Å². The molecule has 0 aromatic heterocycles. The molecule has 2 fully saturated rings. The molecule has 1 aromatic rings. The van der Waals surface area contributed by atoms with Crippen molar-refractivity contribution in [2.24, 2.45) is 29.6 Å². The van der Waals surface area contributed by atoms with Gasteiger partial charge in [-0.3, -0.25) is 9.59 Å². The van der Waals surface area contributed by atoms with Crippen LogP contribution in [0, 0.1) is 29.6 Å². The fourth-order valence-electron chi connectivity index (χ4n) is 6.16. The maximum Gasteiger partial charge on any atom is 0.514 e. The Bertz CT molecular complexity index is 1060. The number of carbonyl (C=O) groups is 3. The van der Waals surface area contributed by atoms with E-state index < -0.39 is 52.9 Å². The highest BCUT2D eigenvalue weighted by Crippen LogP contribution is 2.53. The van der Waals surface area contributed by atoms with Crippen LogP contribution in [-0.2, 0) is 25.5 Å². The lowest BCUT2D eigenvalue weighted by molar-refractivity contribution is -0.176. The fraction of sp³-hybridized carbons (Fsp3) is 0.536. The van der Waals surface area contributed by atoms with Crippen LogP contribution in [0.25, 0.3) is 0 Å². The molecule has 1 spiro atoms. The van der Waals surface area contributed by atoms with Gasteiger partial charge in [0.05, 0.1) is 18.3 Å². The highest BCUT2D eigenvalue weighted by atomic mass is 16.7. The number of rotatable bonds is 2. The topological polar surface area (TPSA) is 122 Å². The first kappa shape index (κ1) is 26.1. The van der Waals surface area contributed by atoms with E-state index in [4.69, 9.17) is 9.47 Å². The molecule has 9 atom stereocenters. The predicted octanol–water partition coefficient (Wildman–Crippen LogP) is 2.93. The van der Waals surface area contributed by atoms with Gasteiger partial charge in [-0.15, -0.1) is 0 Å². The Hall–Kier alpha value is -2.97. The molecule has 8 heteroatoms. The molecule has 2 heterocycles. The molecule has 36 heavy (non-hydrogen) atoms. The molecule has 0 unspecified atom stereocenters. The number of nitrogens with one attached hydrogen (secondary N) is 1. The van der Waals surface area contributed by atoms with Crippen LogP contribution < -0.4 is 5.32 Å². The highest BCUT2D eigenvalue weighted by molar-refractivity contribution is 5.92. The van der Waals surface area contributed by atoms with E-state index in [9.17, 15) is 24.6 Å². The van der Waals surface area contributed by atoms with Crippen LogP contribution in [0.3, 0.4) is 0 Å². The number of hydrogen-bond acceptors (Lipinski definition) is 7. The lowest BCUT2D eigenvalue weighted by atomic mass is 9.57. The Kier molecular flexibility index (Phi) is 7.12. The quantitative estimate of drug-likeness (QED) is 0.424. The molecule has 4 rings (SSSR count). The van der Waals surface area contributed by atoms with E-state index in [2.05, 4.69) is 5.32 Å². The van der Waals surface area contributed by atoms with E-state index in [-0.39, 0.29) is 24.3 Å². The number of aliphatic hydroxyl groups is 2. The van der Waals surface area contributed by atoms with Crippen molar-refractivity contribution < 1.29 is 34.1 Å². The summed E-state index contributed by atoms with van der Waals surface area (Å²) in [5, 5.41) is 24.9. The molecule has 1 amide bonds. The van der Waals surface area contributed by atoms with Gasteiger partial charge in [0.1, 0.15) is 5.60 Å². The average Bonchev–Trinajstić information content (AvgIpc) is 3.10.